The number of halogens is 1. The Hall–Kier alpha value is -1.72. The van der Waals surface area contributed by atoms with Gasteiger partial charge in [0.2, 0.25) is 0 Å². The Morgan fingerprint density at radius 3 is 2.81 bits per heavy atom. The highest BCUT2D eigenvalue weighted by atomic mass is 79.9. The van der Waals surface area contributed by atoms with Crippen LogP contribution in [0.1, 0.15) is 49.1 Å². The summed E-state index contributed by atoms with van der Waals surface area (Å²) in [5.41, 5.74) is 5.01. The lowest BCUT2D eigenvalue weighted by atomic mass is 9.80. The second kappa shape index (κ2) is 7.72. The van der Waals surface area contributed by atoms with Crippen molar-refractivity contribution < 1.29 is 14.2 Å². The first-order valence-electron chi connectivity index (χ1n) is 9.67. The van der Waals surface area contributed by atoms with Gasteiger partial charge in [-0.1, -0.05) is 19.1 Å². The smallest absolute Gasteiger partial charge is 0.175 e. The molecule has 1 fully saturated rings. The van der Waals surface area contributed by atoms with E-state index < -0.39 is 0 Å². The minimum atomic E-state index is 0.147. The highest BCUT2D eigenvalue weighted by molar-refractivity contribution is 9.10. The van der Waals surface area contributed by atoms with Gasteiger partial charge in [-0.15, -0.1) is 0 Å². The molecule has 0 saturated carbocycles. The van der Waals surface area contributed by atoms with Gasteiger partial charge in [-0.25, -0.2) is 0 Å². The molecule has 0 aromatic heterocycles. The van der Waals surface area contributed by atoms with Crippen LogP contribution in [0, 0.1) is 5.92 Å². The summed E-state index contributed by atoms with van der Waals surface area (Å²) in [6.07, 6.45) is 2.23. The Labute approximate surface area is 169 Å². The predicted octanol–water partition coefficient (Wildman–Crippen LogP) is 5.66. The van der Waals surface area contributed by atoms with Crippen LogP contribution in [0.3, 0.4) is 0 Å². The summed E-state index contributed by atoms with van der Waals surface area (Å²) in [4.78, 5) is 0. The van der Waals surface area contributed by atoms with Crippen LogP contribution in [0.4, 0.5) is 5.69 Å². The first kappa shape index (κ1) is 18.6. The molecule has 4 rings (SSSR count). The van der Waals surface area contributed by atoms with E-state index >= 15 is 0 Å². The number of hydrogen-bond donors (Lipinski definition) is 1. The van der Waals surface area contributed by atoms with E-state index in [0.29, 0.717) is 12.5 Å². The lowest BCUT2D eigenvalue weighted by Crippen LogP contribution is -2.29. The fourth-order valence-electron chi connectivity index (χ4n) is 4.28. The Kier molecular flexibility index (Phi) is 5.33. The van der Waals surface area contributed by atoms with Crippen LogP contribution in [-0.2, 0) is 11.2 Å². The summed E-state index contributed by atoms with van der Waals surface area (Å²) in [5, 5.41) is 3.77. The number of nitrogens with one attached hydrogen (secondary N) is 1. The number of benzene rings is 2. The normalized spacial score (nSPS) is 23.3. The average Bonchev–Trinajstić information content (AvgIpc) is 3.18. The third-order valence-corrected chi connectivity index (χ3v) is 6.20. The Balaban J connectivity index is 1.75. The molecule has 0 unspecified atom stereocenters. The Bertz CT molecular complexity index is 839. The van der Waals surface area contributed by atoms with Crippen LogP contribution in [0.5, 0.6) is 11.5 Å². The minimum Gasteiger partial charge on any atom is -0.493 e. The molecule has 144 valence electrons. The van der Waals surface area contributed by atoms with Crippen molar-refractivity contribution in [3.8, 4) is 11.5 Å². The van der Waals surface area contributed by atoms with Gasteiger partial charge in [-0.2, -0.15) is 0 Å². The minimum absolute atomic E-state index is 0.147. The number of anilines is 1. The zero-order chi connectivity index (χ0) is 19.0. The third kappa shape index (κ3) is 3.32. The quantitative estimate of drug-likeness (QED) is 0.662. The number of rotatable bonds is 5. The molecule has 2 aliphatic heterocycles. The third-order valence-electron chi connectivity index (χ3n) is 5.61. The monoisotopic (exact) mass is 431 g/mol. The van der Waals surface area contributed by atoms with Crippen LogP contribution >= 0.6 is 15.9 Å². The largest absolute Gasteiger partial charge is 0.493 e. The Morgan fingerprint density at radius 2 is 2.07 bits per heavy atom. The molecule has 2 heterocycles. The summed E-state index contributed by atoms with van der Waals surface area (Å²) in [5.74, 6) is 1.91. The van der Waals surface area contributed by atoms with Gasteiger partial charge in [0.25, 0.3) is 0 Å². The standard InChI is InChI=1S/C22H26BrNO3/c1-4-13-6-7-18-16(10-13)21-15(8-9-27-21)20(24-18)14-11-17(23)22(26-5-2)19(12-14)25-3/h6-7,10-12,15,20-21,24H,4-5,8-9H2,1-3H3/t15-,20-,21-/m0/s1. The van der Waals surface area contributed by atoms with E-state index in [1.807, 2.05) is 6.92 Å². The molecule has 1 saturated heterocycles. The second-order valence-electron chi connectivity index (χ2n) is 7.11. The fraction of sp³-hybridized carbons (Fsp3) is 0.455. The molecular formula is C22H26BrNO3. The van der Waals surface area contributed by atoms with Gasteiger partial charge in [0.05, 0.1) is 30.3 Å². The predicted molar refractivity (Wildman–Crippen MR) is 111 cm³/mol. The van der Waals surface area contributed by atoms with Crippen molar-refractivity contribution in [1.82, 2.24) is 0 Å². The van der Waals surface area contributed by atoms with Crippen molar-refractivity contribution in [3.05, 3.63) is 51.5 Å². The zero-order valence-electron chi connectivity index (χ0n) is 16.0. The van der Waals surface area contributed by atoms with Crippen molar-refractivity contribution in [2.75, 3.05) is 25.6 Å². The van der Waals surface area contributed by atoms with Crippen LogP contribution in [0.2, 0.25) is 0 Å². The van der Waals surface area contributed by atoms with Crippen molar-refractivity contribution in [1.29, 1.82) is 0 Å². The highest BCUT2D eigenvalue weighted by Gasteiger charge is 2.41. The molecule has 0 amide bonds. The molecular weight excluding hydrogens is 406 g/mol. The number of ether oxygens (including phenoxy) is 3. The van der Waals surface area contributed by atoms with E-state index in [2.05, 4.69) is 58.5 Å². The maximum atomic E-state index is 6.18. The molecule has 0 aliphatic carbocycles. The lowest BCUT2D eigenvalue weighted by molar-refractivity contribution is 0.0828. The summed E-state index contributed by atoms with van der Waals surface area (Å²) >= 11 is 3.67. The topological polar surface area (TPSA) is 39.7 Å². The van der Waals surface area contributed by atoms with E-state index in [9.17, 15) is 0 Å². The van der Waals surface area contributed by atoms with Gasteiger partial charge in [0.1, 0.15) is 0 Å². The molecule has 0 bridgehead atoms. The summed E-state index contributed by atoms with van der Waals surface area (Å²) in [6.45, 7) is 5.57. The van der Waals surface area contributed by atoms with E-state index in [4.69, 9.17) is 14.2 Å². The van der Waals surface area contributed by atoms with Gasteiger partial charge in [0.15, 0.2) is 11.5 Å². The van der Waals surface area contributed by atoms with Gasteiger partial charge >= 0.3 is 0 Å². The van der Waals surface area contributed by atoms with Crippen molar-refractivity contribution in [2.24, 2.45) is 5.92 Å². The molecule has 0 spiro atoms. The fourth-order valence-corrected chi connectivity index (χ4v) is 4.85. The van der Waals surface area contributed by atoms with E-state index in [-0.39, 0.29) is 12.1 Å². The lowest BCUT2D eigenvalue weighted by Gasteiger charge is -2.37. The molecule has 1 N–H and O–H groups in total. The van der Waals surface area contributed by atoms with Crippen molar-refractivity contribution in [2.45, 2.75) is 38.8 Å². The maximum absolute atomic E-state index is 6.18. The molecule has 5 heteroatoms. The summed E-state index contributed by atoms with van der Waals surface area (Å²) in [7, 11) is 1.69. The molecule has 27 heavy (non-hydrogen) atoms. The number of aryl methyl sites for hydroxylation is 1. The molecule has 2 aliphatic rings. The molecule has 2 aromatic carbocycles. The Morgan fingerprint density at radius 1 is 1.22 bits per heavy atom. The van der Waals surface area contributed by atoms with Crippen LogP contribution in [0.15, 0.2) is 34.8 Å². The first-order chi connectivity index (χ1) is 13.2. The first-order valence-corrected chi connectivity index (χ1v) is 10.5. The van der Waals surface area contributed by atoms with Crippen LogP contribution in [0.25, 0.3) is 0 Å². The summed E-state index contributed by atoms with van der Waals surface area (Å²) < 4.78 is 18.5. The van der Waals surface area contributed by atoms with Crippen LogP contribution in [-0.4, -0.2) is 20.3 Å². The number of methoxy groups -OCH3 is 1. The molecule has 0 radical (unpaired) electrons. The molecule has 2 aromatic rings. The van der Waals surface area contributed by atoms with E-state index in [1.54, 1.807) is 7.11 Å². The van der Waals surface area contributed by atoms with Crippen molar-refractivity contribution in [3.63, 3.8) is 0 Å². The number of hydrogen-bond acceptors (Lipinski definition) is 4. The van der Waals surface area contributed by atoms with E-state index in [1.165, 1.54) is 22.4 Å². The van der Waals surface area contributed by atoms with Gasteiger partial charge < -0.3 is 19.5 Å². The maximum Gasteiger partial charge on any atom is 0.175 e. The summed E-state index contributed by atoms with van der Waals surface area (Å²) in [6, 6.07) is 11.1. The van der Waals surface area contributed by atoms with Crippen LogP contribution < -0.4 is 14.8 Å². The molecule has 3 atom stereocenters. The average molecular weight is 432 g/mol. The highest BCUT2D eigenvalue weighted by Crippen LogP contribution is 2.51. The van der Waals surface area contributed by atoms with Gasteiger partial charge in [0, 0.05) is 23.8 Å². The zero-order valence-corrected chi connectivity index (χ0v) is 17.6. The number of fused-ring (bicyclic) bond motifs is 3. The molecule has 4 nitrogen and oxygen atoms in total. The van der Waals surface area contributed by atoms with E-state index in [0.717, 1.165) is 35.4 Å². The van der Waals surface area contributed by atoms with Crippen molar-refractivity contribution >= 4 is 21.6 Å². The van der Waals surface area contributed by atoms with Gasteiger partial charge in [-0.05, 0) is 65.0 Å². The van der Waals surface area contributed by atoms with Gasteiger partial charge in [-0.3, -0.25) is 0 Å². The second-order valence-corrected chi connectivity index (χ2v) is 7.96. The SMILES string of the molecule is CCOc1c(Br)cc([C@@H]2Nc3ccc(CC)cc3[C@H]3OCC[C@H]32)cc1OC.